The van der Waals surface area contributed by atoms with E-state index in [1.165, 1.54) is 0 Å². The number of carbonyl (C=O) groups excluding carboxylic acids is 3. The van der Waals surface area contributed by atoms with Crippen LogP contribution in [0.5, 0.6) is 0 Å². The molecule has 7 nitrogen and oxygen atoms in total. The van der Waals surface area contributed by atoms with Crippen molar-refractivity contribution < 1.29 is 23.5 Å². The molecule has 57 heavy (non-hydrogen) atoms. The molecular formula is C48H57N2O5PSi. The first-order valence-electron chi connectivity index (χ1n) is 20.0. The zero-order chi connectivity index (χ0) is 41.1. The van der Waals surface area contributed by atoms with Crippen LogP contribution in [0.25, 0.3) is 6.08 Å². The highest BCUT2D eigenvalue weighted by Gasteiger charge is 2.60. The molecule has 1 amide bonds. The van der Waals surface area contributed by atoms with Crippen LogP contribution in [0.4, 0.5) is 0 Å². The maximum atomic E-state index is 15.4. The molecule has 4 atom stereocenters. The average Bonchev–Trinajstić information content (AvgIpc) is 3.17. The van der Waals surface area contributed by atoms with Gasteiger partial charge in [-0.3, -0.25) is 14.6 Å². The van der Waals surface area contributed by atoms with Gasteiger partial charge in [0.25, 0.3) is 0 Å². The molecule has 9 heteroatoms. The molecule has 1 aliphatic carbocycles. The van der Waals surface area contributed by atoms with Gasteiger partial charge in [-0.15, -0.1) is 0 Å². The van der Waals surface area contributed by atoms with Crippen LogP contribution in [-0.2, 0) is 23.5 Å². The summed E-state index contributed by atoms with van der Waals surface area (Å²) in [6.45, 7) is 17.4. The molecule has 1 aromatic heterocycles. The second kappa shape index (κ2) is 17.1. The fourth-order valence-corrected chi connectivity index (χ4v) is 14.2. The number of ketones is 1. The van der Waals surface area contributed by atoms with Gasteiger partial charge in [-0.1, -0.05) is 124 Å². The van der Waals surface area contributed by atoms with Crippen LogP contribution in [0.2, 0.25) is 18.1 Å². The molecule has 0 bridgehead atoms. The monoisotopic (exact) mass is 800 g/mol. The molecule has 1 saturated carbocycles. The number of hydrogen-bond donors (Lipinski definition) is 0. The summed E-state index contributed by atoms with van der Waals surface area (Å²) in [5.74, 6) is -2.07. The Labute approximate surface area is 340 Å². The molecule has 2 heterocycles. The lowest BCUT2D eigenvalue weighted by atomic mass is 9.69. The van der Waals surface area contributed by atoms with E-state index >= 15 is 14.4 Å². The first-order valence-corrected chi connectivity index (χ1v) is 24.7. The van der Waals surface area contributed by atoms with Gasteiger partial charge in [0, 0.05) is 24.2 Å². The van der Waals surface area contributed by atoms with Crippen LogP contribution in [0, 0.1) is 25.7 Å². The first-order chi connectivity index (χ1) is 27.1. The number of aryl methyl sites for hydroxylation is 2. The lowest BCUT2D eigenvalue weighted by Crippen LogP contribution is -2.72. The van der Waals surface area contributed by atoms with E-state index in [1.807, 2.05) is 130 Å². The van der Waals surface area contributed by atoms with Crippen molar-refractivity contribution in [3.05, 3.63) is 138 Å². The van der Waals surface area contributed by atoms with Crippen molar-refractivity contribution in [1.82, 2.24) is 9.88 Å². The van der Waals surface area contributed by atoms with Gasteiger partial charge in [0.1, 0.15) is 12.0 Å². The third-order valence-electron chi connectivity index (χ3n) is 11.9. The SMILES string of the molecule is C=CCOC(=O)C(N1C(=O)[C@H]([C@@H](C)O[Si](C)(C)C(C)(C)C)[C@H]1[C@H]1CCC/C(=C\c2cc(C)nc(C)c2)C1=O)=P(c1ccccc1)(c1ccccc1)c1ccccc1. The van der Waals surface area contributed by atoms with Crippen molar-refractivity contribution in [2.45, 2.75) is 91.1 Å². The van der Waals surface area contributed by atoms with Crippen molar-refractivity contribution in [2.75, 3.05) is 6.61 Å². The van der Waals surface area contributed by atoms with Gasteiger partial charge < -0.3 is 14.1 Å². The van der Waals surface area contributed by atoms with Gasteiger partial charge in [0.05, 0.1) is 18.1 Å². The van der Waals surface area contributed by atoms with E-state index < -0.39 is 45.2 Å². The molecule has 4 aromatic rings. The number of Topliss-reactive ketones (excluding diaryl/α,β-unsaturated/α-hetero) is 1. The van der Waals surface area contributed by atoms with Gasteiger partial charge in [-0.2, -0.15) is 0 Å². The van der Waals surface area contributed by atoms with Gasteiger partial charge in [-0.25, -0.2) is 4.79 Å². The van der Waals surface area contributed by atoms with Crippen molar-refractivity contribution in [2.24, 2.45) is 11.8 Å². The van der Waals surface area contributed by atoms with Gasteiger partial charge in [0.2, 0.25) is 5.91 Å². The number of esters is 1. The number of pyridine rings is 1. The summed E-state index contributed by atoms with van der Waals surface area (Å²) in [6, 6.07) is 33.3. The average molecular weight is 801 g/mol. The quantitative estimate of drug-likeness (QED) is 0.0357. The Kier molecular flexibility index (Phi) is 12.6. The van der Waals surface area contributed by atoms with Crippen LogP contribution in [-0.4, -0.2) is 60.0 Å². The van der Waals surface area contributed by atoms with Gasteiger partial charge >= 0.3 is 5.97 Å². The molecule has 1 saturated heterocycles. The van der Waals surface area contributed by atoms with E-state index in [0.29, 0.717) is 12.8 Å². The number of allylic oxidation sites excluding steroid dienone is 1. The highest BCUT2D eigenvalue weighted by atomic mass is 31.2. The Morgan fingerprint density at radius 2 is 1.42 bits per heavy atom. The fourth-order valence-electron chi connectivity index (χ4n) is 8.39. The van der Waals surface area contributed by atoms with Crippen LogP contribution in [0.15, 0.2) is 121 Å². The van der Waals surface area contributed by atoms with Crippen LogP contribution >= 0.6 is 6.89 Å². The maximum Gasteiger partial charge on any atom is 0.356 e. The van der Waals surface area contributed by atoms with Crippen LogP contribution in [0.1, 0.15) is 63.9 Å². The zero-order valence-electron chi connectivity index (χ0n) is 34.7. The molecule has 1 aliphatic heterocycles. The smallest absolute Gasteiger partial charge is 0.356 e. The fraction of sp³-hybridized carbons (Fsp3) is 0.354. The number of likely N-dealkylation sites (tertiary alicyclic amines) is 1. The van der Waals surface area contributed by atoms with Gasteiger partial charge in [-0.05, 0) is 103 Å². The number of β-lactam (4-membered cyclic amide) rings is 1. The molecule has 0 spiro atoms. The lowest BCUT2D eigenvalue weighted by Gasteiger charge is -2.55. The molecule has 0 radical (unpaired) electrons. The number of aromatic nitrogens is 1. The first kappa shape index (κ1) is 42.0. The van der Waals surface area contributed by atoms with E-state index in [4.69, 9.17) is 9.16 Å². The predicted octanol–water partition coefficient (Wildman–Crippen LogP) is 8.54. The summed E-state index contributed by atoms with van der Waals surface area (Å²) >= 11 is 0. The second-order valence-electron chi connectivity index (χ2n) is 16.9. The number of benzene rings is 3. The Morgan fingerprint density at radius 1 is 0.912 bits per heavy atom. The van der Waals surface area contributed by atoms with Crippen molar-refractivity contribution in [1.29, 1.82) is 0 Å². The Bertz CT molecular complexity index is 2090. The van der Waals surface area contributed by atoms with E-state index in [-0.39, 0.29) is 28.8 Å². The molecule has 6 rings (SSSR count). The minimum atomic E-state index is -3.18. The maximum absolute atomic E-state index is 15.4. The molecule has 2 fully saturated rings. The summed E-state index contributed by atoms with van der Waals surface area (Å²) in [5, 5.41) is 2.58. The third kappa shape index (κ3) is 8.23. The Hall–Kier alpha value is -4.62. The Morgan fingerprint density at radius 3 is 1.89 bits per heavy atom. The molecular weight excluding hydrogens is 744 g/mol. The van der Waals surface area contributed by atoms with E-state index in [1.54, 1.807) is 11.0 Å². The summed E-state index contributed by atoms with van der Waals surface area (Å²) in [7, 11) is -2.37. The standard InChI is InChI=1S/C48H57N2O5PSi/c1-10-29-54-47(53)46(56(38-22-14-11-15-23-38,39-24-16-12-17-25-39)40-26-18-13-19-27-40)50-43(42(45(50)52)35(4)55-57(8,9)48(5,6)7)41-28-20-21-37(44(41)51)32-36-30-33(2)49-34(3)31-36/h10-19,22-27,30-32,35,41-43H,1,20-21,28-29H2,2-9H3/b37-32+/t35-,41-,42-,43-/m1/s1. The summed E-state index contributed by atoms with van der Waals surface area (Å²) in [6.07, 6.45) is 5.00. The van der Waals surface area contributed by atoms with E-state index in [2.05, 4.69) is 45.4 Å². The summed E-state index contributed by atoms with van der Waals surface area (Å²) in [5.41, 5.74) is 3.68. The highest BCUT2D eigenvalue weighted by Crippen LogP contribution is 2.52. The van der Waals surface area contributed by atoms with E-state index in [0.717, 1.165) is 44.9 Å². The minimum absolute atomic E-state index is 0.00210. The number of rotatable bonds is 12. The van der Waals surface area contributed by atoms with Crippen LogP contribution in [0.3, 0.4) is 0 Å². The summed E-state index contributed by atoms with van der Waals surface area (Å²) in [4.78, 5) is 51.8. The predicted molar refractivity (Wildman–Crippen MR) is 237 cm³/mol. The topological polar surface area (TPSA) is 85.8 Å². The molecule has 298 valence electrons. The third-order valence-corrected chi connectivity index (χ3v) is 20.8. The lowest BCUT2D eigenvalue weighted by molar-refractivity contribution is -0.162. The highest BCUT2D eigenvalue weighted by molar-refractivity contribution is 7.96. The van der Waals surface area contributed by atoms with Crippen molar-refractivity contribution in [3.63, 3.8) is 0 Å². The molecule has 0 N–H and O–H groups in total. The molecule has 3 aromatic carbocycles. The van der Waals surface area contributed by atoms with Crippen LogP contribution < -0.4 is 15.9 Å². The molecule has 0 unspecified atom stereocenters. The molecule has 2 aliphatic rings. The van der Waals surface area contributed by atoms with Crippen molar-refractivity contribution in [3.8, 4) is 0 Å². The number of carbonyl (C=O) groups is 3. The zero-order valence-corrected chi connectivity index (χ0v) is 36.6. The second-order valence-corrected chi connectivity index (χ2v) is 25.0. The summed E-state index contributed by atoms with van der Waals surface area (Å²) < 4.78 is 13.1. The number of amides is 1. The van der Waals surface area contributed by atoms with E-state index in [9.17, 15) is 0 Å². The largest absolute Gasteiger partial charge is 0.457 e. The number of hydrogen-bond acceptors (Lipinski definition) is 6. The van der Waals surface area contributed by atoms with Crippen molar-refractivity contribution >= 4 is 60.3 Å². The number of nitrogens with zero attached hydrogens (tertiary/aromatic N) is 2. The van der Waals surface area contributed by atoms with Gasteiger partial charge in [0.15, 0.2) is 14.1 Å². The normalized spacial score (nSPS) is 20.2. The minimum Gasteiger partial charge on any atom is -0.457 e. The number of ether oxygens (including phenoxy) is 1. The Balaban J connectivity index is 1.66.